The summed E-state index contributed by atoms with van der Waals surface area (Å²) in [5.41, 5.74) is 1.02. The Balaban J connectivity index is 1.88. The Morgan fingerprint density at radius 3 is 2.75 bits per heavy atom. The van der Waals surface area contributed by atoms with Crippen LogP contribution in [-0.4, -0.2) is 43.3 Å². The summed E-state index contributed by atoms with van der Waals surface area (Å²) in [7, 11) is 1.71. The van der Waals surface area contributed by atoms with Crippen LogP contribution in [0.1, 0.15) is 49.5 Å². The molecule has 2 N–H and O–H groups in total. The van der Waals surface area contributed by atoms with Crippen molar-refractivity contribution in [1.29, 1.82) is 0 Å². The summed E-state index contributed by atoms with van der Waals surface area (Å²) in [6, 6.07) is 3.45. The zero-order chi connectivity index (χ0) is 17.5. The van der Waals surface area contributed by atoms with Gasteiger partial charge in [0, 0.05) is 25.7 Å². The summed E-state index contributed by atoms with van der Waals surface area (Å²) < 4.78 is 9.01. The van der Waals surface area contributed by atoms with Crippen molar-refractivity contribution in [3.8, 4) is 0 Å². The van der Waals surface area contributed by atoms with Crippen LogP contribution in [0.2, 0.25) is 0 Å². The molecule has 1 fully saturated rings. The van der Waals surface area contributed by atoms with Gasteiger partial charge in [-0.1, -0.05) is 0 Å². The molecule has 0 aromatic carbocycles. The molecule has 3 heterocycles. The SMILES string of the molecule is Cn1nccc1C(=O)Nc1cc(C2CC(O)CO2)n(C(C)(C)C)n1. The van der Waals surface area contributed by atoms with Crippen molar-refractivity contribution < 1.29 is 14.6 Å². The Hall–Kier alpha value is -2.19. The Morgan fingerprint density at radius 1 is 1.46 bits per heavy atom. The molecule has 3 rings (SSSR count). The minimum atomic E-state index is -0.467. The molecule has 2 aromatic rings. The third-order valence-electron chi connectivity index (χ3n) is 3.97. The standard InChI is InChI=1S/C16H23N5O3/c1-16(2,3)21-12(13-7-10(22)9-24-13)8-14(19-21)18-15(23)11-5-6-17-20(11)4/h5-6,8,10,13,22H,7,9H2,1-4H3,(H,18,19,23). The summed E-state index contributed by atoms with van der Waals surface area (Å²) in [5, 5.41) is 21.1. The number of aliphatic hydroxyl groups excluding tert-OH is 1. The molecule has 0 aliphatic carbocycles. The maximum atomic E-state index is 12.3. The molecule has 8 nitrogen and oxygen atoms in total. The van der Waals surface area contributed by atoms with Crippen LogP contribution in [0.15, 0.2) is 18.3 Å². The van der Waals surface area contributed by atoms with E-state index in [1.807, 2.05) is 31.5 Å². The van der Waals surface area contributed by atoms with Crippen molar-refractivity contribution in [3.63, 3.8) is 0 Å². The maximum Gasteiger partial charge on any atom is 0.275 e. The number of ether oxygens (including phenoxy) is 1. The van der Waals surface area contributed by atoms with Crippen LogP contribution in [0.3, 0.4) is 0 Å². The fourth-order valence-corrected chi connectivity index (χ4v) is 2.82. The Labute approximate surface area is 140 Å². The molecule has 2 unspecified atom stereocenters. The highest BCUT2D eigenvalue weighted by molar-refractivity contribution is 6.02. The molecular formula is C16H23N5O3. The molecule has 1 amide bonds. The summed E-state index contributed by atoms with van der Waals surface area (Å²) >= 11 is 0. The molecule has 0 radical (unpaired) electrons. The maximum absolute atomic E-state index is 12.3. The fraction of sp³-hybridized carbons (Fsp3) is 0.562. The first-order valence-corrected chi connectivity index (χ1v) is 7.95. The molecular weight excluding hydrogens is 310 g/mol. The van der Waals surface area contributed by atoms with Crippen LogP contribution in [-0.2, 0) is 17.3 Å². The number of carbonyl (C=O) groups is 1. The van der Waals surface area contributed by atoms with E-state index < -0.39 is 6.10 Å². The molecule has 0 bridgehead atoms. The van der Waals surface area contributed by atoms with Gasteiger partial charge in [-0.3, -0.25) is 14.2 Å². The summed E-state index contributed by atoms with van der Waals surface area (Å²) in [5.74, 6) is 0.184. The second-order valence-electron chi connectivity index (χ2n) is 7.04. The Bertz CT molecular complexity index is 743. The van der Waals surface area contributed by atoms with E-state index in [4.69, 9.17) is 4.74 Å². The first kappa shape index (κ1) is 16.7. The van der Waals surface area contributed by atoms with Gasteiger partial charge in [0.2, 0.25) is 0 Å². The number of aromatic nitrogens is 4. The zero-order valence-corrected chi connectivity index (χ0v) is 14.4. The van der Waals surface area contributed by atoms with Crippen molar-refractivity contribution in [1.82, 2.24) is 19.6 Å². The molecule has 130 valence electrons. The van der Waals surface area contributed by atoms with Crippen LogP contribution in [0.4, 0.5) is 5.82 Å². The molecule has 1 aliphatic heterocycles. The number of anilines is 1. The van der Waals surface area contributed by atoms with E-state index in [2.05, 4.69) is 15.5 Å². The van der Waals surface area contributed by atoms with Crippen LogP contribution < -0.4 is 5.32 Å². The smallest absolute Gasteiger partial charge is 0.275 e. The highest BCUT2D eigenvalue weighted by atomic mass is 16.5. The van der Waals surface area contributed by atoms with Gasteiger partial charge in [0.1, 0.15) is 11.8 Å². The Morgan fingerprint density at radius 2 is 2.21 bits per heavy atom. The highest BCUT2D eigenvalue weighted by Crippen LogP contribution is 2.33. The zero-order valence-electron chi connectivity index (χ0n) is 14.4. The second-order valence-corrected chi connectivity index (χ2v) is 7.04. The van der Waals surface area contributed by atoms with Gasteiger partial charge in [0.25, 0.3) is 5.91 Å². The largest absolute Gasteiger partial charge is 0.391 e. The van der Waals surface area contributed by atoms with Gasteiger partial charge >= 0.3 is 0 Å². The van der Waals surface area contributed by atoms with E-state index in [0.29, 0.717) is 24.5 Å². The van der Waals surface area contributed by atoms with Crippen LogP contribution in [0.5, 0.6) is 0 Å². The first-order chi connectivity index (χ1) is 11.3. The van der Waals surface area contributed by atoms with Crippen LogP contribution >= 0.6 is 0 Å². The number of amides is 1. The number of aryl methyl sites for hydroxylation is 1. The molecule has 0 spiro atoms. The Kier molecular flexibility index (Phi) is 4.18. The number of nitrogens with one attached hydrogen (secondary N) is 1. The number of rotatable bonds is 3. The van der Waals surface area contributed by atoms with Gasteiger partial charge in [0.05, 0.1) is 23.9 Å². The molecule has 2 aromatic heterocycles. The van der Waals surface area contributed by atoms with Crippen molar-refractivity contribution in [2.45, 2.75) is 44.9 Å². The normalized spacial score (nSPS) is 21.2. The third kappa shape index (κ3) is 3.20. The lowest BCUT2D eigenvalue weighted by molar-refractivity contribution is 0.0814. The minimum Gasteiger partial charge on any atom is -0.391 e. The molecule has 1 aliphatic rings. The highest BCUT2D eigenvalue weighted by Gasteiger charge is 2.31. The van der Waals surface area contributed by atoms with Crippen LogP contribution in [0, 0.1) is 0 Å². The lowest BCUT2D eigenvalue weighted by Crippen LogP contribution is -2.26. The van der Waals surface area contributed by atoms with Gasteiger partial charge in [0.15, 0.2) is 5.82 Å². The van der Waals surface area contributed by atoms with E-state index in [-0.39, 0.29) is 17.6 Å². The molecule has 24 heavy (non-hydrogen) atoms. The number of hydrogen-bond acceptors (Lipinski definition) is 5. The number of hydrogen-bond donors (Lipinski definition) is 2. The van der Waals surface area contributed by atoms with E-state index >= 15 is 0 Å². The quantitative estimate of drug-likeness (QED) is 0.886. The van der Waals surface area contributed by atoms with Crippen LogP contribution in [0.25, 0.3) is 0 Å². The van der Waals surface area contributed by atoms with Gasteiger partial charge in [-0.2, -0.15) is 10.2 Å². The second kappa shape index (κ2) is 6.03. The molecule has 1 saturated heterocycles. The molecule has 0 saturated carbocycles. The number of carbonyl (C=O) groups excluding carboxylic acids is 1. The lowest BCUT2D eigenvalue weighted by atomic mass is 10.1. The minimum absolute atomic E-state index is 0.228. The van der Waals surface area contributed by atoms with E-state index in [9.17, 15) is 9.90 Å². The predicted octanol–water partition coefficient (Wildman–Crippen LogP) is 1.45. The summed E-state index contributed by atoms with van der Waals surface area (Å²) in [4.78, 5) is 12.3. The average Bonchev–Trinajstić information content (AvgIpc) is 3.17. The fourth-order valence-electron chi connectivity index (χ4n) is 2.82. The summed E-state index contributed by atoms with van der Waals surface area (Å²) in [6.45, 7) is 6.40. The predicted molar refractivity (Wildman–Crippen MR) is 87.7 cm³/mol. The first-order valence-electron chi connectivity index (χ1n) is 7.95. The topological polar surface area (TPSA) is 94.2 Å². The van der Waals surface area contributed by atoms with Gasteiger partial charge in [-0.05, 0) is 26.8 Å². The molecule has 8 heteroatoms. The number of aliphatic hydroxyl groups is 1. The van der Waals surface area contributed by atoms with Gasteiger partial charge < -0.3 is 15.2 Å². The van der Waals surface area contributed by atoms with E-state index in [1.165, 1.54) is 4.68 Å². The van der Waals surface area contributed by atoms with E-state index in [1.54, 1.807) is 19.3 Å². The third-order valence-corrected chi connectivity index (χ3v) is 3.97. The van der Waals surface area contributed by atoms with E-state index in [0.717, 1.165) is 5.69 Å². The van der Waals surface area contributed by atoms with Crippen molar-refractivity contribution in [2.75, 3.05) is 11.9 Å². The molecule has 2 atom stereocenters. The van der Waals surface area contributed by atoms with Gasteiger partial charge in [-0.25, -0.2) is 0 Å². The van der Waals surface area contributed by atoms with Crippen molar-refractivity contribution >= 4 is 11.7 Å². The monoisotopic (exact) mass is 333 g/mol. The van der Waals surface area contributed by atoms with Crippen molar-refractivity contribution in [3.05, 3.63) is 29.7 Å². The average molecular weight is 333 g/mol. The number of nitrogens with zero attached hydrogens (tertiary/aromatic N) is 4. The lowest BCUT2D eigenvalue weighted by Gasteiger charge is -2.24. The van der Waals surface area contributed by atoms with Gasteiger partial charge in [-0.15, -0.1) is 0 Å². The summed E-state index contributed by atoms with van der Waals surface area (Å²) in [6.07, 6.45) is 1.40. The van der Waals surface area contributed by atoms with Crippen molar-refractivity contribution in [2.24, 2.45) is 7.05 Å².